The maximum atomic E-state index is 12.5. The molecule has 3 aromatic carbocycles. The highest BCUT2D eigenvalue weighted by molar-refractivity contribution is 9.10. The first-order valence-electron chi connectivity index (χ1n) is 9.27. The number of anilines is 2. The molecule has 7 nitrogen and oxygen atoms in total. The highest BCUT2D eigenvalue weighted by Crippen LogP contribution is 2.27. The maximum Gasteiger partial charge on any atom is 0.265 e. The molecule has 31 heavy (non-hydrogen) atoms. The van der Waals surface area contributed by atoms with Crippen molar-refractivity contribution in [1.29, 1.82) is 0 Å². The van der Waals surface area contributed by atoms with Crippen LogP contribution in [-0.4, -0.2) is 27.5 Å². The topological polar surface area (TPSA) is 93.7 Å². The van der Waals surface area contributed by atoms with Gasteiger partial charge >= 0.3 is 0 Å². The van der Waals surface area contributed by atoms with E-state index in [0.29, 0.717) is 22.9 Å². The van der Waals surface area contributed by atoms with Gasteiger partial charge in [-0.25, -0.2) is 8.42 Å². The molecule has 3 rings (SSSR count). The first-order valence-corrected chi connectivity index (χ1v) is 11.5. The van der Waals surface area contributed by atoms with Gasteiger partial charge in [0.1, 0.15) is 0 Å². The molecule has 3 aromatic rings. The van der Waals surface area contributed by atoms with E-state index in [1.165, 1.54) is 31.4 Å². The second-order valence-corrected chi connectivity index (χ2v) is 9.14. The molecule has 9 heteroatoms. The van der Waals surface area contributed by atoms with Gasteiger partial charge in [-0.15, -0.1) is 0 Å². The van der Waals surface area contributed by atoms with Gasteiger partial charge in [-0.1, -0.05) is 28.1 Å². The smallest absolute Gasteiger partial charge is 0.265 e. The molecule has 0 saturated heterocycles. The van der Waals surface area contributed by atoms with E-state index in [9.17, 15) is 13.2 Å². The molecule has 0 fully saturated rings. The number of hydrogen-bond acceptors (Lipinski definition) is 5. The van der Waals surface area contributed by atoms with Crippen LogP contribution in [0.4, 0.5) is 11.4 Å². The number of halogens is 1. The molecule has 0 aliphatic rings. The van der Waals surface area contributed by atoms with Gasteiger partial charge < -0.3 is 14.8 Å². The lowest BCUT2D eigenvalue weighted by molar-refractivity contribution is -0.122. The summed E-state index contributed by atoms with van der Waals surface area (Å²) in [5.74, 6) is 0.595. The zero-order chi connectivity index (χ0) is 22.4. The monoisotopic (exact) mass is 504 g/mol. The first kappa shape index (κ1) is 22.6. The summed E-state index contributed by atoms with van der Waals surface area (Å²) < 4.78 is 39.3. The number of sulfonamides is 1. The van der Waals surface area contributed by atoms with Crippen LogP contribution in [-0.2, 0) is 14.8 Å². The number of amides is 1. The molecule has 1 amide bonds. The van der Waals surface area contributed by atoms with Crippen LogP contribution in [0.3, 0.4) is 0 Å². The van der Waals surface area contributed by atoms with Crippen LogP contribution in [0.15, 0.2) is 82.2 Å². The van der Waals surface area contributed by atoms with Crippen molar-refractivity contribution in [3.63, 3.8) is 0 Å². The van der Waals surface area contributed by atoms with Gasteiger partial charge in [-0.3, -0.25) is 9.52 Å². The van der Waals surface area contributed by atoms with E-state index < -0.39 is 16.1 Å². The van der Waals surface area contributed by atoms with Crippen molar-refractivity contribution in [3.8, 4) is 11.5 Å². The lowest BCUT2D eigenvalue weighted by Gasteiger charge is -2.16. The van der Waals surface area contributed by atoms with Crippen molar-refractivity contribution >= 4 is 43.2 Å². The molecule has 0 spiro atoms. The number of ether oxygens (including phenoxy) is 2. The molecule has 162 valence electrons. The fraction of sp³-hybridized carbons (Fsp3) is 0.136. The number of para-hydroxylation sites is 2. The Bertz CT molecular complexity index is 1150. The summed E-state index contributed by atoms with van der Waals surface area (Å²) in [6, 6.07) is 19.7. The molecular weight excluding hydrogens is 484 g/mol. The lowest BCUT2D eigenvalue weighted by atomic mass is 10.3. The second kappa shape index (κ2) is 9.84. The number of nitrogens with one attached hydrogen (secondary N) is 2. The standard InChI is InChI=1S/C22H21BrN2O5S/c1-15(30-21-6-4-3-5-20(21)29-2)22(26)24-17-11-13-19(14-12-17)31(27,28)25-18-9-7-16(23)8-10-18/h3-15,25H,1-2H3,(H,24,26)/t15-/m0/s1. The minimum Gasteiger partial charge on any atom is -0.493 e. The molecule has 1 atom stereocenters. The van der Waals surface area contributed by atoms with E-state index in [0.717, 1.165) is 4.47 Å². The zero-order valence-corrected chi connectivity index (χ0v) is 19.2. The fourth-order valence-electron chi connectivity index (χ4n) is 2.65. The van der Waals surface area contributed by atoms with Crippen LogP contribution >= 0.6 is 15.9 Å². The quantitative estimate of drug-likeness (QED) is 0.465. The van der Waals surface area contributed by atoms with Crippen molar-refractivity contribution in [2.24, 2.45) is 0 Å². The largest absolute Gasteiger partial charge is 0.493 e. The molecule has 0 aromatic heterocycles. The van der Waals surface area contributed by atoms with Crippen LogP contribution in [0.5, 0.6) is 11.5 Å². The Morgan fingerprint density at radius 1 is 0.903 bits per heavy atom. The van der Waals surface area contributed by atoms with Crippen LogP contribution in [0.2, 0.25) is 0 Å². The number of hydrogen-bond donors (Lipinski definition) is 2. The van der Waals surface area contributed by atoms with Gasteiger partial charge in [0.25, 0.3) is 15.9 Å². The number of carbonyl (C=O) groups is 1. The van der Waals surface area contributed by atoms with Gasteiger partial charge in [0.2, 0.25) is 0 Å². The summed E-state index contributed by atoms with van der Waals surface area (Å²) in [5, 5.41) is 2.71. The minimum absolute atomic E-state index is 0.0757. The summed E-state index contributed by atoms with van der Waals surface area (Å²) in [5.41, 5.74) is 0.894. The maximum absolute atomic E-state index is 12.5. The van der Waals surface area contributed by atoms with E-state index in [-0.39, 0.29) is 10.8 Å². The van der Waals surface area contributed by atoms with Crippen LogP contribution in [0.1, 0.15) is 6.92 Å². The van der Waals surface area contributed by atoms with Crippen LogP contribution in [0, 0.1) is 0 Å². The SMILES string of the molecule is COc1ccccc1O[C@@H](C)C(=O)Nc1ccc(S(=O)(=O)Nc2ccc(Br)cc2)cc1. The summed E-state index contributed by atoms with van der Waals surface area (Å²) in [6.45, 7) is 1.61. The van der Waals surface area contributed by atoms with Crippen molar-refractivity contribution in [2.45, 2.75) is 17.9 Å². The van der Waals surface area contributed by atoms with E-state index >= 15 is 0 Å². The Hall–Kier alpha value is -3.04. The lowest BCUT2D eigenvalue weighted by Crippen LogP contribution is -2.30. The van der Waals surface area contributed by atoms with Crippen LogP contribution < -0.4 is 19.5 Å². The molecule has 0 saturated carbocycles. The summed E-state index contributed by atoms with van der Waals surface area (Å²) in [4.78, 5) is 12.5. The van der Waals surface area contributed by atoms with E-state index in [4.69, 9.17) is 9.47 Å². The van der Waals surface area contributed by atoms with E-state index in [2.05, 4.69) is 26.0 Å². The van der Waals surface area contributed by atoms with Gasteiger partial charge in [0.05, 0.1) is 12.0 Å². The van der Waals surface area contributed by atoms with Gasteiger partial charge in [-0.2, -0.15) is 0 Å². The number of methoxy groups -OCH3 is 1. The second-order valence-electron chi connectivity index (χ2n) is 6.54. The van der Waals surface area contributed by atoms with Crippen molar-refractivity contribution in [1.82, 2.24) is 0 Å². The number of carbonyl (C=O) groups excluding carboxylic acids is 1. The average Bonchev–Trinajstić information content (AvgIpc) is 2.76. The third-order valence-corrected chi connectivity index (χ3v) is 6.20. The summed E-state index contributed by atoms with van der Waals surface area (Å²) in [6.07, 6.45) is -0.793. The Balaban J connectivity index is 1.64. The van der Waals surface area contributed by atoms with Crippen molar-refractivity contribution < 1.29 is 22.7 Å². The minimum atomic E-state index is -3.75. The highest BCUT2D eigenvalue weighted by atomic mass is 79.9. The fourth-order valence-corrected chi connectivity index (χ4v) is 3.98. The summed E-state index contributed by atoms with van der Waals surface area (Å²) >= 11 is 3.31. The van der Waals surface area contributed by atoms with Crippen molar-refractivity contribution in [2.75, 3.05) is 17.1 Å². The van der Waals surface area contributed by atoms with E-state index in [1.54, 1.807) is 55.5 Å². The molecule has 0 heterocycles. The molecule has 0 radical (unpaired) electrons. The summed E-state index contributed by atoms with van der Waals surface area (Å²) in [7, 11) is -2.23. The molecule has 0 unspecified atom stereocenters. The average molecular weight is 505 g/mol. The number of rotatable bonds is 8. The Labute approximate surface area is 189 Å². The molecular formula is C22H21BrN2O5S. The molecule has 0 aliphatic carbocycles. The molecule has 0 bridgehead atoms. The van der Waals surface area contributed by atoms with Gasteiger partial charge in [-0.05, 0) is 67.6 Å². The predicted octanol–water partition coefficient (Wildman–Crippen LogP) is 4.66. The molecule has 0 aliphatic heterocycles. The predicted molar refractivity (Wildman–Crippen MR) is 123 cm³/mol. The van der Waals surface area contributed by atoms with Crippen LogP contribution in [0.25, 0.3) is 0 Å². The zero-order valence-electron chi connectivity index (χ0n) is 16.8. The first-order chi connectivity index (χ1) is 14.8. The Morgan fingerprint density at radius 3 is 2.10 bits per heavy atom. The Morgan fingerprint density at radius 2 is 1.48 bits per heavy atom. The Kier molecular flexibility index (Phi) is 7.19. The van der Waals surface area contributed by atoms with E-state index in [1.807, 2.05) is 0 Å². The third-order valence-electron chi connectivity index (χ3n) is 4.27. The number of benzene rings is 3. The molecule has 2 N–H and O–H groups in total. The third kappa shape index (κ3) is 5.99. The highest BCUT2D eigenvalue weighted by Gasteiger charge is 2.18. The van der Waals surface area contributed by atoms with Crippen molar-refractivity contribution in [3.05, 3.63) is 77.3 Å². The van der Waals surface area contributed by atoms with Gasteiger partial charge in [0.15, 0.2) is 17.6 Å². The normalized spacial score (nSPS) is 12.0. The van der Waals surface area contributed by atoms with Gasteiger partial charge in [0, 0.05) is 15.8 Å².